The highest BCUT2D eigenvalue weighted by Crippen LogP contribution is 2.39. The molecule has 1 fully saturated rings. The second-order valence-corrected chi connectivity index (χ2v) is 9.08. The van der Waals surface area contributed by atoms with E-state index in [9.17, 15) is 0 Å². The van der Waals surface area contributed by atoms with E-state index in [2.05, 4.69) is 88.0 Å². The number of rotatable bonds is 4. The predicted octanol–water partition coefficient (Wildman–Crippen LogP) is 6.72. The van der Waals surface area contributed by atoms with Crippen LogP contribution in [0.15, 0.2) is 36.7 Å². The third kappa shape index (κ3) is 3.34. The monoisotopic (exact) mass is 374 g/mol. The molecule has 1 aliphatic carbocycles. The Labute approximate surface area is 170 Å². The molecular weight excluding hydrogens is 340 g/mol. The Morgan fingerprint density at radius 2 is 1.25 bits per heavy atom. The Morgan fingerprint density at radius 1 is 0.750 bits per heavy atom. The van der Waals surface area contributed by atoms with Crippen LogP contribution in [0.4, 0.5) is 11.4 Å². The molecule has 2 aromatic carbocycles. The maximum Gasteiger partial charge on any atom is 0.107 e. The summed E-state index contributed by atoms with van der Waals surface area (Å²) in [6, 6.07) is 9.35. The highest BCUT2D eigenvalue weighted by Gasteiger charge is 2.30. The minimum Gasteiger partial charge on any atom is -0.325 e. The third-order valence-electron chi connectivity index (χ3n) is 6.60. The van der Waals surface area contributed by atoms with Gasteiger partial charge in [0.2, 0.25) is 0 Å². The van der Waals surface area contributed by atoms with Crippen molar-refractivity contribution in [3.05, 3.63) is 70.0 Å². The molecule has 1 unspecified atom stereocenters. The lowest BCUT2D eigenvalue weighted by Gasteiger charge is -2.35. The van der Waals surface area contributed by atoms with E-state index < -0.39 is 0 Å². The fourth-order valence-electron chi connectivity index (χ4n) is 5.21. The van der Waals surface area contributed by atoms with E-state index in [1.807, 2.05) is 0 Å². The van der Waals surface area contributed by atoms with Crippen molar-refractivity contribution in [2.24, 2.45) is 5.92 Å². The molecule has 2 aliphatic rings. The molecule has 148 valence electrons. The van der Waals surface area contributed by atoms with Gasteiger partial charge in [0.15, 0.2) is 0 Å². The van der Waals surface area contributed by atoms with Crippen molar-refractivity contribution in [3.8, 4) is 0 Å². The van der Waals surface area contributed by atoms with Crippen LogP contribution in [0.1, 0.15) is 59.6 Å². The molecule has 1 aliphatic heterocycles. The van der Waals surface area contributed by atoms with Crippen LogP contribution in [0.25, 0.3) is 0 Å². The lowest BCUT2D eigenvalue weighted by Crippen LogP contribution is -2.37. The summed E-state index contributed by atoms with van der Waals surface area (Å²) in [6.45, 7) is 13.5. The first-order valence-electron chi connectivity index (χ1n) is 10.8. The number of hydrogen-bond donors (Lipinski definition) is 0. The second kappa shape index (κ2) is 7.31. The number of benzene rings is 2. The van der Waals surface area contributed by atoms with Gasteiger partial charge in [-0.25, -0.2) is 0 Å². The number of anilines is 2. The summed E-state index contributed by atoms with van der Waals surface area (Å²) < 4.78 is 0. The van der Waals surface area contributed by atoms with Gasteiger partial charge in [0.25, 0.3) is 0 Å². The first kappa shape index (κ1) is 19.1. The predicted molar refractivity (Wildman–Crippen MR) is 121 cm³/mol. The molecule has 1 atom stereocenters. The average molecular weight is 375 g/mol. The van der Waals surface area contributed by atoms with Crippen LogP contribution in [0, 0.1) is 40.5 Å². The highest BCUT2D eigenvalue weighted by atomic mass is 15.4. The minimum atomic E-state index is 0.279. The molecule has 0 radical (unpaired) electrons. The van der Waals surface area contributed by atoms with Crippen LogP contribution in [0.5, 0.6) is 0 Å². The van der Waals surface area contributed by atoms with Crippen molar-refractivity contribution in [1.29, 1.82) is 0 Å². The van der Waals surface area contributed by atoms with Gasteiger partial charge in [0.1, 0.15) is 6.17 Å². The van der Waals surface area contributed by atoms with Crippen molar-refractivity contribution >= 4 is 11.4 Å². The van der Waals surface area contributed by atoms with Crippen molar-refractivity contribution in [2.75, 3.05) is 9.80 Å². The Morgan fingerprint density at radius 3 is 1.79 bits per heavy atom. The Hall–Kier alpha value is -2.22. The van der Waals surface area contributed by atoms with E-state index in [-0.39, 0.29) is 6.17 Å². The van der Waals surface area contributed by atoms with Gasteiger partial charge in [-0.15, -0.1) is 0 Å². The van der Waals surface area contributed by atoms with Crippen molar-refractivity contribution in [2.45, 2.75) is 73.4 Å². The molecule has 0 saturated heterocycles. The van der Waals surface area contributed by atoms with E-state index in [4.69, 9.17) is 0 Å². The smallest absolute Gasteiger partial charge is 0.107 e. The summed E-state index contributed by atoms with van der Waals surface area (Å²) in [5, 5.41) is 0. The molecule has 0 aromatic heterocycles. The van der Waals surface area contributed by atoms with Crippen LogP contribution in [-0.4, -0.2) is 6.17 Å². The molecular formula is C26H34N2. The number of nitrogens with zero attached hydrogens (tertiary/aromatic N) is 2. The topological polar surface area (TPSA) is 6.48 Å². The second-order valence-electron chi connectivity index (χ2n) is 9.08. The fraction of sp³-hybridized carbons (Fsp3) is 0.462. The van der Waals surface area contributed by atoms with Gasteiger partial charge < -0.3 is 9.80 Å². The van der Waals surface area contributed by atoms with Gasteiger partial charge in [-0.2, -0.15) is 0 Å². The zero-order valence-corrected chi connectivity index (χ0v) is 18.3. The first-order valence-corrected chi connectivity index (χ1v) is 10.8. The van der Waals surface area contributed by atoms with E-state index in [1.54, 1.807) is 0 Å². The molecule has 4 rings (SSSR count). The molecule has 0 N–H and O–H groups in total. The van der Waals surface area contributed by atoms with E-state index in [0.717, 1.165) is 5.92 Å². The molecule has 0 bridgehead atoms. The van der Waals surface area contributed by atoms with Crippen LogP contribution < -0.4 is 9.80 Å². The Balaban J connectivity index is 1.69. The fourth-order valence-corrected chi connectivity index (χ4v) is 5.21. The van der Waals surface area contributed by atoms with Crippen LogP contribution in [0.3, 0.4) is 0 Å². The molecule has 1 saturated carbocycles. The summed E-state index contributed by atoms with van der Waals surface area (Å²) >= 11 is 0. The zero-order valence-electron chi connectivity index (χ0n) is 18.3. The van der Waals surface area contributed by atoms with Crippen molar-refractivity contribution in [1.82, 2.24) is 0 Å². The van der Waals surface area contributed by atoms with Gasteiger partial charge >= 0.3 is 0 Å². The minimum absolute atomic E-state index is 0.279. The molecule has 2 heteroatoms. The largest absolute Gasteiger partial charge is 0.325 e. The molecule has 1 heterocycles. The number of aryl methyl sites for hydroxylation is 5. The van der Waals surface area contributed by atoms with Gasteiger partial charge in [0, 0.05) is 23.8 Å². The molecule has 0 spiro atoms. The van der Waals surface area contributed by atoms with Crippen LogP contribution in [-0.2, 0) is 6.42 Å². The third-order valence-corrected chi connectivity index (χ3v) is 6.60. The van der Waals surface area contributed by atoms with Gasteiger partial charge in [-0.1, -0.05) is 54.7 Å². The first-order chi connectivity index (χ1) is 13.3. The zero-order chi connectivity index (χ0) is 20.0. The van der Waals surface area contributed by atoms with E-state index in [0.29, 0.717) is 0 Å². The quantitative estimate of drug-likeness (QED) is 0.586. The molecule has 2 nitrogen and oxygen atoms in total. The maximum absolute atomic E-state index is 2.49. The maximum atomic E-state index is 2.49. The van der Waals surface area contributed by atoms with Crippen LogP contribution >= 0.6 is 0 Å². The van der Waals surface area contributed by atoms with E-state index >= 15 is 0 Å². The highest BCUT2D eigenvalue weighted by molar-refractivity contribution is 5.70. The lowest BCUT2D eigenvalue weighted by atomic mass is 9.80. The summed E-state index contributed by atoms with van der Waals surface area (Å²) in [5.74, 6) is 0.875. The summed E-state index contributed by atoms with van der Waals surface area (Å²) in [5.41, 5.74) is 11.1. The summed E-state index contributed by atoms with van der Waals surface area (Å²) in [6.07, 6.45) is 10.2. The number of hydrogen-bond acceptors (Lipinski definition) is 2. The Kier molecular flexibility index (Phi) is 4.99. The molecule has 0 amide bonds. The molecule has 28 heavy (non-hydrogen) atoms. The average Bonchev–Trinajstić information content (AvgIpc) is 2.91. The van der Waals surface area contributed by atoms with Crippen molar-refractivity contribution < 1.29 is 0 Å². The Bertz CT molecular complexity index is 897. The van der Waals surface area contributed by atoms with Crippen LogP contribution in [0.2, 0.25) is 0 Å². The van der Waals surface area contributed by atoms with E-state index in [1.165, 1.54) is 70.4 Å². The summed E-state index contributed by atoms with van der Waals surface area (Å²) in [4.78, 5) is 4.93. The van der Waals surface area contributed by atoms with Gasteiger partial charge in [-0.05, 0) is 76.1 Å². The lowest BCUT2D eigenvalue weighted by molar-refractivity contribution is 0.314. The van der Waals surface area contributed by atoms with Gasteiger partial charge in [-0.3, -0.25) is 0 Å². The normalized spacial score (nSPS) is 19.4. The summed E-state index contributed by atoms with van der Waals surface area (Å²) in [7, 11) is 0. The van der Waals surface area contributed by atoms with Crippen molar-refractivity contribution in [3.63, 3.8) is 0 Å². The standard InChI is InChI=1S/C26H34N2/c1-17-12-19(3)25(20(4)13-17)27-10-11-28(22(27)6)26-21(5)14-18(2)15-24(26)16-23-8-7-9-23/h10-15,22-23H,7-9,16H2,1-6H3. The molecule has 2 aromatic rings. The van der Waals surface area contributed by atoms with Gasteiger partial charge in [0.05, 0.1) is 0 Å². The SMILES string of the molecule is Cc1cc(C)c(N2C=CN(c3c(C)cc(C)cc3CC3CCC3)C2C)c(C)c1.